The summed E-state index contributed by atoms with van der Waals surface area (Å²) in [7, 11) is 0. The number of aliphatic hydroxyl groups excluding tert-OH is 1. The Morgan fingerprint density at radius 2 is 1.28 bits per heavy atom. The second kappa shape index (κ2) is 7.28. The van der Waals surface area contributed by atoms with E-state index in [1.54, 1.807) is 12.1 Å². The van der Waals surface area contributed by atoms with Gasteiger partial charge in [0.25, 0.3) is 0 Å². The summed E-state index contributed by atoms with van der Waals surface area (Å²) < 4.78 is 13.0. The standard InChI is InChI=1S/C21H17FO3/c22-18-12-10-17(11-13-18)20(23)19(21(24)25)16-8-6-15(7-9-16)14-4-2-1-3-5-14/h1-13,19-20,23H,(H,24,25). The molecule has 0 fully saturated rings. The SMILES string of the molecule is O=C(O)C(c1ccc(-c2ccccc2)cc1)C(O)c1ccc(F)cc1. The van der Waals surface area contributed by atoms with E-state index < -0.39 is 23.8 Å². The van der Waals surface area contributed by atoms with Crippen LogP contribution in [0.25, 0.3) is 11.1 Å². The van der Waals surface area contributed by atoms with Crippen LogP contribution in [0.3, 0.4) is 0 Å². The van der Waals surface area contributed by atoms with Crippen molar-refractivity contribution in [2.45, 2.75) is 12.0 Å². The average molecular weight is 336 g/mol. The van der Waals surface area contributed by atoms with Gasteiger partial charge in [0, 0.05) is 0 Å². The zero-order valence-corrected chi connectivity index (χ0v) is 13.3. The van der Waals surface area contributed by atoms with Gasteiger partial charge >= 0.3 is 5.97 Å². The molecule has 0 aliphatic heterocycles. The summed E-state index contributed by atoms with van der Waals surface area (Å²) in [5.74, 6) is -2.70. The molecule has 0 aliphatic rings. The Bertz CT molecular complexity index is 843. The lowest BCUT2D eigenvalue weighted by molar-refractivity contribution is -0.141. The number of carbonyl (C=O) groups is 1. The molecule has 25 heavy (non-hydrogen) atoms. The van der Waals surface area contributed by atoms with E-state index in [9.17, 15) is 19.4 Å². The maximum atomic E-state index is 13.0. The molecule has 2 N–H and O–H groups in total. The Kier molecular flexibility index (Phi) is 4.91. The minimum absolute atomic E-state index is 0.362. The number of carboxylic acid groups (broad SMARTS) is 1. The number of aliphatic hydroxyl groups is 1. The Hall–Kier alpha value is -2.98. The van der Waals surface area contributed by atoms with Crippen molar-refractivity contribution >= 4 is 5.97 Å². The highest BCUT2D eigenvalue weighted by molar-refractivity contribution is 5.78. The van der Waals surface area contributed by atoms with Crippen molar-refractivity contribution in [2.75, 3.05) is 0 Å². The molecule has 0 radical (unpaired) electrons. The Labute approximate surface area is 145 Å². The van der Waals surface area contributed by atoms with Crippen LogP contribution in [0.4, 0.5) is 4.39 Å². The molecular formula is C21H17FO3. The molecule has 0 aromatic heterocycles. The number of carboxylic acids is 1. The predicted octanol–water partition coefficient (Wildman–Crippen LogP) is 4.39. The fourth-order valence-electron chi connectivity index (χ4n) is 2.83. The molecule has 0 aliphatic carbocycles. The Morgan fingerprint density at radius 1 is 0.760 bits per heavy atom. The first-order valence-corrected chi connectivity index (χ1v) is 7.88. The molecule has 126 valence electrons. The Balaban J connectivity index is 1.90. The largest absolute Gasteiger partial charge is 0.481 e. The second-order valence-corrected chi connectivity index (χ2v) is 5.80. The minimum atomic E-state index is -1.26. The first kappa shape index (κ1) is 16.9. The first-order valence-electron chi connectivity index (χ1n) is 7.88. The van der Waals surface area contributed by atoms with Gasteiger partial charge in [0.1, 0.15) is 11.7 Å². The van der Waals surface area contributed by atoms with E-state index in [4.69, 9.17) is 0 Å². The third kappa shape index (κ3) is 3.75. The van der Waals surface area contributed by atoms with Gasteiger partial charge in [0.15, 0.2) is 0 Å². The molecule has 3 aromatic carbocycles. The highest BCUT2D eigenvalue weighted by Gasteiger charge is 2.29. The summed E-state index contributed by atoms with van der Waals surface area (Å²) in [4.78, 5) is 11.7. The van der Waals surface area contributed by atoms with Crippen LogP contribution in [-0.2, 0) is 4.79 Å². The summed E-state index contributed by atoms with van der Waals surface area (Å²) in [6, 6.07) is 22.0. The van der Waals surface area contributed by atoms with Crippen LogP contribution in [0.1, 0.15) is 23.1 Å². The molecule has 0 bridgehead atoms. The fourth-order valence-corrected chi connectivity index (χ4v) is 2.83. The number of halogens is 1. The molecule has 0 heterocycles. The number of aliphatic carboxylic acids is 1. The van der Waals surface area contributed by atoms with Gasteiger partial charge < -0.3 is 10.2 Å². The van der Waals surface area contributed by atoms with Crippen molar-refractivity contribution in [1.29, 1.82) is 0 Å². The quantitative estimate of drug-likeness (QED) is 0.726. The average Bonchev–Trinajstić information content (AvgIpc) is 2.63. The number of rotatable bonds is 5. The topological polar surface area (TPSA) is 57.5 Å². The zero-order chi connectivity index (χ0) is 17.8. The third-order valence-electron chi connectivity index (χ3n) is 4.17. The van der Waals surface area contributed by atoms with Crippen LogP contribution in [0, 0.1) is 5.82 Å². The molecule has 2 unspecified atom stereocenters. The van der Waals surface area contributed by atoms with Gasteiger partial charge in [-0.25, -0.2) is 4.39 Å². The summed E-state index contributed by atoms with van der Waals surface area (Å²) in [5, 5.41) is 20.0. The smallest absolute Gasteiger partial charge is 0.314 e. The van der Waals surface area contributed by atoms with E-state index in [2.05, 4.69) is 0 Å². The minimum Gasteiger partial charge on any atom is -0.481 e. The molecule has 0 amide bonds. The lowest BCUT2D eigenvalue weighted by Crippen LogP contribution is -2.20. The monoisotopic (exact) mass is 336 g/mol. The van der Waals surface area contributed by atoms with Gasteiger partial charge in [-0.15, -0.1) is 0 Å². The van der Waals surface area contributed by atoms with Crippen LogP contribution in [0.5, 0.6) is 0 Å². The summed E-state index contributed by atoms with van der Waals surface area (Å²) >= 11 is 0. The molecule has 4 heteroatoms. The van der Waals surface area contributed by atoms with Gasteiger partial charge in [-0.2, -0.15) is 0 Å². The molecule has 0 spiro atoms. The maximum absolute atomic E-state index is 13.0. The van der Waals surface area contributed by atoms with Crippen LogP contribution in [-0.4, -0.2) is 16.2 Å². The van der Waals surface area contributed by atoms with E-state index in [1.165, 1.54) is 24.3 Å². The molecule has 2 atom stereocenters. The highest BCUT2D eigenvalue weighted by atomic mass is 19.1. The number of hydrogen-bond donors (Lipinski definition) is 2. The van der Waals surface area contributed by atoms with Crippen LogP contribution < -0.4 is 0 Å². The van der Waals surface area contributed by atoms with Gasteiger partial charge in [-0.1, -0.05) is 66.7 Å². The molecule has 0 saturated heterocycles. The van der Waals surface area contributed by atoms with E-state index in [0.29, 0.717) is 11.1 Å². The normalized spacial score (nSPS) is 13.2. The second-order valence-electron chi connectivity index (χ2n) is 5.80. The lowest BCUT2D eigenvalue weighted by Gasteiger charge is -2.20. The lowest BCUT2D eigenvalue weighted by atomic mass is 9.88. The molecule has 3 aromatic rings. The van der Waals surface area contributed by atoms with Crippen molar-refractivity contribution in [3.63, 3.8) is 0 Å². The maximum Gasteiger partial charge on any atom is 0.314 e. The van der Waals surface area contributed by atoms with Crippen LogP contribution in [0.2, 0.25) is 0 Å². The summed E-state index contributed by atoms with van der Waals surface area (Å²) in [5.41, 5.74) is 2.84. The van der Waals surface area contributed by atoms with Crippen molar-refractivity contribution < 1.29 is 19.4 Å². The van der Waals surface area contributed by atoms with Crippen LogP contribution >= 0.6 is 0 Å². The molecule has 3 rings (SSSR count). The van der Waals surface area contributed by atoms with Crippen LogP contribution in [0.15, 0.2) is 78.9 Å². The van der Waals surface area contributed by atoms with E-state index in [1.807, 2.05) is 42.5 Å². The van der Waals surface area contributed by atoms with Gasteiger partial charge in [-0.05, 0) is 34.4 Å². The third-order valence-corrected chi connectivity index (χ3v) is 4.17. The van der Waals surface area contributed by atoms with Gasteiger partial charge in [0.05, 0.1) is 6.10 Å². The van der Waals surface area contributed by atoms with Crippen molar-refractivity contribution in [2.24, 2.45) is 0 Å². The highest BCUT2D eigenvalue weighted by Crippen LogP contribution is 2.32. The van der Waals surface area contributed by atoms with E-state index >= 15 is 0 Å². The van der Waals surface area contributed by atoms with Gasteiger partial charge in [-0.3, -0.25) is 4.79 Å². The zero-order valence-electron chi connectivity index (χ0n) is 13.3. The Morgan fingerprint density at radius 3 is 1.84 bits per heavy atom. The predicted molar refractivity (Wildman–Crippen MR) is 93.6 cm³/mol. The van der Waals surface area contributed by atoms with Crippen molar-refractivity contribution in [3.05, 3.63) is 95.8 Å². The van der Waals surface area contributed by atoms with E-state index in [-0.39, 0.29) is 0 Å². The summed E-state index contributed by atoms with van der Waals surface area (Å²) in [6.45, 7) is 0. The van der Waals surface area contributed by atoms with E-state index in [0.717, 1.165) is 11.1 Å². The number of benzene rings is 3. The fraction of sp³-hybridized carbons (Fsp3) is 0.0952. The number of hydrogen-bond acceptors (Lipinski definition) is 2. The summed E-state index contributed by atoms with van der Waals surface area (Å²) in [6.07, 6.45) is -1.26. The first-order chi connectivity index (χ1) is 12.1. The van der Waals surface area contributed by atoms with Crippen molar-refractivity contribution in [3.8, 4) is 11.1 Å². The molecule has 3 nitrogen and oxygen atoms in total. The molecular weight excluding hydrogens is 319 g/mol. The van der Waals surface area contributed by atoms with Crippen molar-refractivity contribution in [1.82, 2.24) is 0 Å². The van der Waals surface area contributed by atoms with Gasteiger partial charge in [0.2, 0.25) is 0 Å². The molecule has 0 saturated carbocycles.